The van der Waals surface area contributed by atoms with Crippen molar-refractivity contribution in [2.75, 3.05) is 16.8 Å². The molecule has 0 aliphatic carbocycles. The number of carbonyl (C=O) groups is 2. The van der Waals surface area contributed by atoms with E-state index in [-0.39, 0.29) is 18.2 Å². The van der Waals surface area contributed by atoms with E-state index in [2.05, 4.69) is 20.3 Å². The second-order valence-electron chi connectivity index (χ2n) is 9.29. The monoisotopic (exact) mass is 496 g/mol. The van der Waals surface area contributed by atoms with E-state index in [0.29, 0.717) is 29.7 Å². The van der Waals surface area contributed by atoms with E-state index in [4.69, 9.17) is 4.74 Å². The lowest BCUT2D eigenvalue weighted by Crippen LogP contribution is -2.28. The molecule has 188 valence electrons. The summed E-state index contributed by atoms with van der Waals surface area (Å²) in [4.78, 5) is 40.0. The number of rotatable bonds is 6. The quantitative estimate of drug-likeness (QED) is 0.416. The molecule has 5 rings (SSSR count). The molecule has 1 aliphatic heterocycles. The molecule has 37 heavy (non-hydrogen) atoms. The van der Waals surface area contributed by atoms with Gasteiger partial charge >= 0.3 is 0 Å². The number of nitrogens with zero attached hydrogens (tertiary/aromatic N) is 5. The van der Waals surface area contributed by atoms with Gasteiger partial charge in [0.25, 0.3) is 0 Å². The average Bonchev–Trinajstić information content (AvgIpc) is 3.44. The fourth-order valence-electron chi connectivity index (χ4n) is 4.24. The highest BCUT2D eigenvalue weighted by atomic mass is 16.5. The lowest BCUT2D eigenvalue weighted by molar-refractivity contribution is -0.122. The Morgan fingerprint density at radius 1 is 0.973 bits per heavy atom. The maximum Gasteiger partial charge on any atom is 0.229 e. The van der Waals surface area contributed by atoms with Crippen LogP contribution in [-0.4, -0.2) is 37.9 Å². The van der Waals surface area contributed by atoms with Gasteiger partial charge in [0.1, 0.15) is 24.2 Å². The van der Waals surface area contributed by atoms with Crippen molar-refractivity contribution < 1.29 is 14.3 Å². The maximum absolute atomic E-state index is 12.9. The first kappa shape index (κ1) is 24.2. The molecule has 1 aliphatic rings. The first-order valence-electron chi connectivity index (χ1n) is 12.1. The molecule has 9 nitrogen and oxygen atoms in total. The van der Waals surface area contributed by atoms with Gasteiger partial charge in [-0.2, -0.15) is 0 Å². The van der Waals surface area contributed by atoms with E-state index >= 15 is 0 Å². The minimum Gasteiger partial charge on any atom is -0.439 e. The number of amides is 2. The van der Waals surface area contributed by atoms with Crippen LogP contribution in [0.4, 0.5) is 11.4 Å². The maximum atomic E-state index is 12.9. The molecule has 1 N–H and O–H groups in total. The van der Waals surface area contributed by atoms with Crippen molar-refractivity contribution in [2.24, 2.45) is 5.92 Å². The second kappa shape index (κ2) is 9.85. The molecule has 2 amide bonds. The van der Waals surface area contributed by atoms with E-state index in [1.807, 2.05) is 50.5 Å². The van der Waals surface area contributed by atoms with Crippen LogP contribution >= 0.6 is 0 Å². The third kappa shape index (κ3) is 5.06. The number of carbonyl (C=O) groups excluding carboxylic acids is 2. The number of anilines is 2. The summed E-state index contributed by atoms with van der Waals surface area (Å²) < 4.78 is 7.77. The minimum absolute atomic E-state index is 0.0441. The molecule has 2 aromatic heterocycles. The number of hydrogen-bond donors (Lipinski definition) is 1. The molecule has 0 bridgehead atoms. The van der Waals surface area contributed by atoms with Gasteiger partial charge in [-0.05, 0) is 75.2 Å². The first-order valence-corrected chi connectivity index (χ1v) is 12.1. The molecule has 1 atom stereocenters. The third-order valence-corrected chi connectivity index (χ3v) is 6.77. The Kier molecular flexibility index (Phi) is 6.43. The van der Waals surface area contributed by atoms with E-state index in [1.54, 1.807) is 41.6 Å². The summed E-state index contributed by atoms with van der Waals surface area (Å²) in [6.07, 6.45) is 3.34. The van der Waals surface area contributed by atoms with Crippen LogP contribution < -0.4 is 15.0 Å². The molecule has 1 saturated heterocycles. The number of nitrogens with one attached hydrogen (secondary N) is 1. The predicted molar refractivity (Wildman–Crippen MR) is 140 cm³/mol. The average molecular weight is 497 g/mol. The summed E-state index contributed by atoms with van der Waals surface area (Å²) in [5.41, 5.74) is 5.66. The number of ether oxygens (including phenoxy) is 1. The molecule has 1 unspecified atom stereocenters. The molecule has 3 heterocycles. The minimum atomic E-state index is -0.417. The highest BCUT2D eigenvalue weighted by Gasteiger charge is 2.35. The summed E-state index contributed by atoms with van der Waals surface area (Å²) in [6.45, 7) is 8.32. The highest BCUT2D eigenvalue weighted by molar-refractivity contribution is 6.03. The van der Waals surface area contributed by atoms with Crippen molar-refractivity contribution in [3.05, 3.63) is 83.7 Å². The topological polar surface area (TPSA) is 102 Å². The fraction of sp³-hybridized carbons (Fsp3) is 0.250. The van der Waals surface area contributed by atoms with Crippen LogP contribution in [0, 0.1) is 33.6 Å². The second-order valence-corrected chi connectivity index (χ2v) is 9.29. The fourth-order valence-corrected chi connectivity index (χ4v) is 4.24. The highest BCUT2D eigenvalue weighted by Crippen LogP contribution is 2.28. The summed E-state index contributed by atoms with van der Waals surface area (Å²) in [5, 5.41) is 2.92. The zero-order valence-electron chi connectivity index (χ0n) is 21.2. The van der Waals surface area contributed by atoms with Crippen LogP contribution in [0.25, 0.3) is 5.82 Å². The van der Waals surface area contributed by atoms with Crippen LogP contribution in [0.5, 0.6) is 11.6 Å². The van der Waals surface area contributed by atoms with E-state index in [9.17, 15) is 9.59 Å². The van der Waals surface area contributed by atoms with Crippen LogP contribution in [-0.2, 0) is 9.59 Å². The van der Waals surface area contributed by atoms with E-state index in [0.717, 1.165) is 22.6 Å². The Labute approximate surface area is 215 Å². The molecule has 0 radical (unpaired) electrons. The Balaban J connectivity index is 1.21. The summed E-state index contributed by atoms with van der Waals surface area (Å²) in [5.74, 6) is 0.978. The number of imidazole rings is 1. The normalized spacial score (nSPS) is 15.2. The number of aryl methyl sites for hydroxylation is 3. The molecular formula is C28H28N6O3. The predicted octanol–water partition coefficient (Wildman–Crippen LogP) is 4.68. The van der Waals surface area contributed by atoms with Crippen molar-refractivity contribution in [3.63, 3.8) is 0 Å². The molecule has 4 aromatic rings. The van der Waals surface area contributed by atoms with Crippen LogP contribution in [0.1, 0.15) is 28.9 Å². The van der Waals surface area contributed by atoms with Gasteiger partial charge in [-0.3, -0.25) is 14.2 Å². The molecule has 2 aromatic carbocycles. The van der Waals surface area contributed by atoms with Crippen molar-refractivity contribution in [1.29, 1.82) is 0 Å². The number of benzene rings is 2. The largest absolute Gasteiger partial charge is 0.439 e. The van der Waals surface area contributed by atoms with Crippen molar-refractivity contribution in [1.82, 2.24) is 19.5 Å². The summed E-state index contributed by atoms with van der Waals surface area (Å²) in [7, 11) is 0. The Bertz CT molecular complexity index is 1480. The molecule has 9 heteroatoms. The van der Waals surface area contributed by atoms with Gasteiger partial charge < -0.3 is 15.0 Å². The van der Waals surface area contributed by atoms with E-state index < -0.39 is 5.92 Å². The number of aromatic nitrogens is 4. The molecule has 1 fully saturated rings. The van der Waals surface area contributed by atoms with Gasteiger partial charge in [-0.1, -0.05) is 6.07 Å². The zero-order chi connectivity index (χ0) is 26.1. The molecule has 0 saturated carbocycles. The smallest absolute Gasteiger partial charge is 0.229 e. The SMILES string of the molecule is Cc1ccc(N2CC(C(=O)Nc3ccc(Oc4cc(-n5cnc(C)c5C)ncn4)cc3)CC2=O)cc1C. The number of hydrogen-bond acceptors (Lipinski definition) is 6. The van der Waals surface area contributed by atoms with E-state index in [1.165, 1.54) is 11.9 Å². The van der Waals surface area contributed by atoms with Gasteiger partial charge in [-0.25, -0.2) is 15.0 Å². The lowest BCUT2D eigenvalue weighted by atomic mass is 10.1. The van der Waals surface area contributed by atoms with Crippen LogP contribution in [0.2, 0.25) is 0 Å². The summed E-state index contributed by atoms with van der Waals surface area (Å²) >= 11 is 0. The molecule has 0 spiro atoms. The van der Waals surface area contributed by atoms with Crippen LogP contribution in [0.15, 0.2) is 61.2 Å². The Hall–Kier alpha value is -4.53. The van der Waals surface area contributed by atoms with Gasteiger partial charge in [0, 0.05) is 36.1 Å². The van der Waals surface area contributed by atoms with Gasteiger partial charge in [0.2, 0.25) is 17.7 Å². The Morgan fingerprint density at radius 2 is 1.76 bits per heavy atom. The molecular weight excluding hydrogens is 468 g/mol. The standard InChI is InChI=1S/C28H28N6O3/c1-17-5-8-23(11-18(17)2)33-14-21(12-27(33)35)28(36)32-22-6-9-24(10-7-22)37-26-13-25(29-15-30-26)34-16-31-19(3)20(34)4/h5-11,13,15-16,21H,12,14H2,1-4H3,(H,32,36). The third-order valence-electron chi connectivity index (χ3n) is 6.77. The van der Waals surface area contributed by atoms with Crippen LogP contribution in [0.3, 0.4) is 0 Å². The lowest BCUT2D eigenvalue weighted by Gasteiger charge is -2.18. The van der Waals surface area contributed by atoms with Gasteiger partial charge in [0.05, 0.1) is 11.6 Å². The Morgan fingerprint density at radius 3 is 2.46 bits per heavy atom. The van der Waals surface area contributed by atoms with Crippen molar-refractivity contribution in [2.45, 2.75) is 34.1 Å². The zero-order valence-corrected chi connectivity index (χ0v) is 21.2. The van der Waals surface area contributed by atoms with Crippen molar-refractivity contribution in [3.8, 4) is 17.4 Å². The van der Waals surface area contributed by atoms with Gasteiger partial charge in [0.15, 0.2) is 0 Å². The first-order chi connectivity index (χ1) is 17.8. The van der Waals surface area contributed by atoms with Gasteiger partial charge in [-0.15, -0.1) is 0 Å². The summed E-state index contributed by atoms with van der Waals surface area (Å²) in [6, 6.07) is 14.7. The van der Waals surface area contributed by atoms with Crippen molar-refractivity contribution >= 4 is 23.2 Å².